The van der Waals surface area contributed by atoms with Crippen molar-refractivity contribution >= 4 is 17.2 Å². The monoisotopic (exact) mass is 414 g/mol. The molecule has 0 spiro atoms. The van der Waals surface area contributed by atoms with Crippen LogP contribution >= 0.6 is 11.6 Å². The Bertz CT molecular complexity index is 690. The second-order valence-corrected chi connectivity index (χ2v) is 8.63. The van der Waals surface area contributed by atoms with Gasteiger partial charge in [-0.25, -0.2) is 0 Å². The summed E-state index contributed by atoms with van der Waals surface area (Å²) < 4.78 is 0. The van der Waals surface area contributed by atoms with E-state index in [9.17, 15) is 0 Å². The van der Waals surface area contributed by atoms with Gasteiger partial charge >= 0.3 is 0 Å². The number of unbranched alkanes of at least 4 members (excludes halogenated alkanes) is 3. The number of aryl methyl sites for hydroxylation is 1. The summed E-state index contributed by atoms with van der Waals surface area (Å²) in [6, 6.07) is 6.50. The van der Waals surface area contributed by atoms with E-state index in [1.165, 1.54) is 53.5 Å². The van der Waals surface area contributed by atoms with Gasteiger partial charge in [0.15, 0.2) is 0 Å². The van der Waals surface area contributed by atoms with Crippen LogP contribution in [-0.2, 0) is 6.42 Å². The van der Waals surface area contributed by atoms with Crippen LogP contribution < -0.4 is 0 Å². The molecule has 0 fully saturated rings. The Morgan fingerprint density at radius 1 is 1.03 bits per heavy atom. The molecule has 0 saturated carbocycles. The lowest BCUT2D eigenvalue weighted by Crippen LogP contribution is -2.05. The van der Waals surface area contributed by atoms with Crippen LogP contribution in [0.15, 0.2) is 47.6 Å². The summed E-state index contributed by atoms with van der Waals surface area (Å²) in [5.74, 6) is 0.425. The van der Waals surface area contributed by atoms with Gasteiger partial charge in [0.05, 0.1) is 0 Å². The van der Waals surface area contributed by atoms with E-state index in [1.54, 1.807) is 0 Å². The molecule has 0 aliphatic heterocycles. The van der Waals surface area contributed by atoms with E-state index in [1.807, 2.05) is 0 Å². The lowest BCUT2D eigenvalue weighted by molar-refractivity contribution is 0.725. The second-order valence-electron chi connectivity index (χ2n) is 8.20. The predicted octanol–water partition coefficient (Wildman–Crippen LogP) is 9.98. The van der Waals surface area contributed by atoms with Crippen LogP contribution in [0.5, 0.6) is 0 Å². The third kappa shape index (κ3) is 8.55. The third-order valence-corrected chi connectivity index (χ3v) is 6.02. The average molecular weight is 415 g/mol. The summed E-state index contributed by atoms with van der Waals surface area (Å²) in [6.45, 7) is 13.7. The van der Waals surface area contributed by atoms with Crippen molar-refractivity contribution < 1.29 is 0 Å². The van der Waals surface area contributed by atoms with Crippen LogP contribution in [0.3, 0.4) is 0 Å². The van der Waals surface area contributed by atoms with E-state index in [4.69, 9.17) is 11.6 Å². The second kappa shape index (κ2) is 14.7. The molecule has 0 amide bonds. The van der Waals surface area contributed by atoms with Gasteiger partial charge < -0.3 is 0 Å². The first kappa shape index (κ1) is 25.8. The summed E-state index contributed by atoms with van der Waals surface area (Å²) in [4.78, 5) is 0. The molecule has 0 bridgehead atoms. The minimum Gasteiger partial charge on any atom is -0.0845 e. The lowest BCUT2D eigenvalue weighted by Gasteiger charge is -2.22. The summed E-state index contributed by atoms with van der Waals surface area (Å²) in [5.41, 5.74) is 7.30. The zero-order valence-corrected chi connectivity index (χ0v) is 20.5. The molecule has 0 aromatic heterocycles. The molecular weight excluding hydrogens is 372 g/mol. The van der Waals surface area contributed by atoms with Crippen molar-refractivity contribution in [3.05, 3.63) is 63.7 Å². The van der Waals surface area contributed by atoms with Gasteiger partial charge in [-0.3, -0.25) is 0 Å². The quantitative estimate of drug-likeness (QED) is 0.222. The van der Waals surface area contributed by atoms with Crippen LogP contribution in [0.25, 0.3) is 5.57 Å². The molecule has 29 heavy (non-hydrogen) atoms. The Kier molecular flexibility index (Phi) is 13.0. The van der Waals surface area contributed by atoms with E-state index in [0.29, 0.717) is 5.92 Å². The first-order valence-corrected chi connectivity index (χ1v) is 12.2. The number of halogens is 1. The molecule has 0 aliphatic carbocycles. The van der Waals surface area contributed by atoms with Gasteiger partial charge in [0.1, 0.15) is 0 Å². The number of hydrogen-bond donors (Lipinski definition) is 0. The number of rotatable bonds is 13. The van der Waals surface area contributed by atoms with Gasteiger partial charge in [-0.2, -0.15) is 0 Å². The van der Waals surface area contributed by atoms with Gasteiger partial charge in [0.25, 0.3) is 0 Å². The Morgan fingerprint density at radius 2 is 1.79 bits per heavy atom. The predicted molar refractivity (Wildman–Crippen MR) is 134 cm³/mol. The molecule has 0 radical (unpaired) electrons. The summed E-state index contributed by atoms with van der Waals surface area (Å²) in [5, 5.41) is 0.848. The molecule has 0 heterocycles. The average Bonchev–Trinajstić information content (AvgIpc) is 2.72. The molecule has 0 nitrogen and oxygen atoms in total. The molecule has 1 aromatic rings. The summed E-state index contributed by atoms with van der Waals surface area (Å²) >= 11 is 6.46. The van der Waals surface area contributed by atoms with Crippen LogP contribution in [-0.4, -0.2) is 0 Å². The number of allylic oxidation sites excluding steroid dienone is 6. The van der Waals surface area contributed by atoms with Gasteiger partial charge in [-0.05, 0) is 73.4 Å². The highest BCUT2D eigenvalue weighted by Gasteiger charge is 2.17. The van der Waals surface area contributed by atoms with E-state index in [-0.39, 0.29) is 0 Å². The van der Waals surface area contributed by atoms with Crippen molar-refractivity contribution in [3.63, 3.8) is 0 Å². The van der Waals surface area contributed by atoms with Crippen molar-refractivity contribution in [1.29, 1.82) is 0 Å². The molecule has 1 heteroatoms. The highest BCUT2D eigenvalue weighted by atomic mass is 35.5. The highest BCUT2D eigenvalue weighted by Crippen LogP contribution is 2.35. The molecule has 0 saturated heterocycles. The minimum absolute atomic E-state index is 0.425. The molecule has 162 valence electrons. The van der Waals surface area contributed by atoms with E-state index in [2.05, 4.69) is 78.0 Å². The Balaban J connectivity index is 3.48. The highest BCUT2D eigenvalue weighted by molar-refractivity contribution is 6.30. The SMILES string of the molecule is CC/C=C\C(=C/CCC)C(C)/C(C)=C(\CCCCC)c1cc(Cl)ccc1CCC. The molecule has 1 rings (SSSR count). The van der Waals surface area contributed by atoms with E-state index < -0.39 is 0 Å². The fraction of sp³-hybridized carbons (Fsp3) is 0.571. The lowest BCUT2D eigenvalue weighted by atomic mass is 9.83. The molecule has 1 aromatic carbocycles. The number of hydrogen-bond acceptors (Lipinski definition) is 0. The van der Waals surface area contributed by atoms with Crippen LogP contribution in [0, 0.1) is 5.92 Å². The fourth-order valence-corrected chi connectivity index (χ4v) is 4.05. The maximum atomic E-state index is 6.46. The van der Waals surface area contributed by atoms with Crippen molar-refractivity contribution in [2.75, 3.05) is 0 Å². The van der Waals surface area contributed by atoms with Crippen LogP contribution in [0.1, 0.15) is 104 Å². The van der Waals surface area contributed by atoms with Gasteiger partial charge in [0.2, 0.25) is 0 Å². The zero-order chi connectivity index (χ0) is 21.6. The molecule has 1 atom stereocenters. The van der Waals surface area contributed by atoms with Gasteiger partial charge in [0, 0.05) is 10.9 Å². The van der Waals surface area contributed by atoms with E-state index in [0.717, 1.165) is 37.1 Å². The molecule has 0 aliphatic rings. The maximum Gasteiger partial charge on any atom is 0.0412 e. The Morgan fingerprint density at radius 3 is 2.41 bits per heavy atom. The van der Waals surface area contributed by atoms with Gasteiger partial charge in [-0.1, -0.05) is 102 Å². The van der Waals surface area contributed by atoms with E-state index >= 15 is 0 Å². The van der Waals surface area contributed by atoms with Crippen molar-refractivity contribution in [3.8, 4) is 0 Å². The topological polar surface area (TPSA) is 0 Å². The first-order chi connectivity index (χ1) is 14.0. The maximum absolute atomic E-state index is 6.46. The van der Waals surface area contributed by atoms with Gasteiger partial charge in [-0.15, -0.1) is 0 Å². The Hall–Kier alpha value is -1.27. The fourth-order valence-electron chi connectivity index (χ4n) is 3.88. The standard InChI is InChI=1S/C28H43Cl/c1-7-11-14-18-27(28-21-26(29)20-19-25(28)15-10-4)23(6)22(5)24(16-12-8-2)17-13-9-3/h12,16-17,19-22H,7-11,13-15,18H2,1-6H3/b16-12-,24-17+,27-23+. The smallest absolute Gasteiger partial charge is 0.0412 e. The minimum atomic E-state index is 0.425. The normalized spacial score (nSPS) is 14.4. The van der Waals surface area contributed by atoms with Crippen LogP contribution in [0.4, 0.5) is 0 Å². The summed E-state index contributed by atoms with van der Waals surface area (Å²) in [6.07, 6.45) is 17.7. The largest absolute Gasteiger partial charge is 0.0845 e. The van der Waals surface area contributed by atoms with Crippen LogP contribution in [0.2, 0.25) is 5.02 Å². The van der Waals surface area contributed by atoms with Crippen molar-refractivity contribution in [2.45, 2.75) is 99.3 Å². The molecule has 1 unspecified atom stereocenters. The van der Waals surface area contributed by atoms with Crippen molar-refractivity contribution in [2.24, 2.45) is 5.92 Å². The zero-order valence-electron chi connectivity index (χ0n) is 19.8. The summed E-state index contributed by atoms with van der Waals surface area (Å²) in [7, 11) is 0. The Labute approximate surface area is 186 Å². The molecule has 0 N–H and O–H groups in total. The number of benzene rings is 1. The first-order valence-electron chi connectivity index (χ1n) is 11.8. The molecular formula is C28H43Cl. The third-order valence-electron chi connectivity index (χ3n) is 5.79. The van der Waals surface area contributed by atoms with Crippen molar-refractivity contribution in [1.82, 2.24) is 0 Å².